The van der Waals surface area contributed by atoms with Gasteiger partial charge in [-0.05, 0) is 26.0 Å². The summed E-state index contributed by atoms with van der Waals surface area (Å²) in [4.78, 5) is 15.7. The first-order valence-corrected chi connectivity index (χ1v) is 5.02. The van der Waals surface area contributed by atoms with Gasteiger partial charge in [0.1, 0.15) is 12.0 Å². The second kappa shape index (κ2) is 4.18. The molecule has 16 heavy (non-hydrogen) atoms. The second-order valence-corrected chi connectivity index (χ2v) is 3.68. The molecule has 0 bridgehead atoms. The zero-order valence-electron chi connectivity index (χ0n) is 9.14. The van der Waals surface area contributed by atoms with Crippen LogP contribution in [0.15, 0.2) is 24.7 Å². The number of amides is 1. The molecule has 1 amide bonds. The Balaban J connectivity index is 2.18. The Hall–Kier alpha value is -2.11. The Morgan fingerprint density at radius 1 is 1.56 bits per heavy atom. The van der Waals surface area contributed by atoms with Gasteiger partial charge in [-0.3, -0.25) is 10.1 Å². The van der Waals surface area contributed by atoms with Crippen LogP contribution in [0.5, 0.6) is 0 Å². The minimum absolute atomic E-state index is 0.199. The van der Waals surface area contributed by atoms with Crippen molar-refractivity contribution in [2.45, 2.75) is 19.9 Å². The Morgan fingerprint density at radius 2 is 2.38 bits per heavy atom. The fraction of sp³-hybridized carbons (Fsp3) is 0.300. The highest BCUT2D eigenvalue weighted by Crippen LogP contribution is 2.11. The largest absolute Gasteiger partial charge is 0.341 e. The summed E-state index contributed by atoms with van der Waals surface area (Å²) in [6.45, 7) is 4.04. The number of aromatic amines is 1. The Morgan fingerprint density at radius 3 is 3.00 bits per heavy atom. The Labute approximate surface area is 92.7 Å². The molecule has 84 valence electrons. The van der Waals surface area contributed by atoms with E-state index in [9.17, 15) is 4.79 Å². The van der Waals surface area contributed by atoms with E-state index in [0.29, 0.717) is 11.6 Å². The third-order valence-electron chi connectivity index (χ3n) is 2.21. The molecule has 0 aliphatic rings. The van der Waals surface area contributed by atoms with E-state index in [1.54, 1.807) is 6.07 Å². The Kier molecular flexibility index (Phi) is 2.72. The number of carbonyl (C=O) groups is 1. The van der Waals surface area contributed by atoms with Crippen molar-refractivity contribution in [3.63, 3.8) is 0 Å². The molecule has 0 aliphatic heterocycles. The second-order valence-electron chi connectivity index (χ2n) is 3.68. The lowest BCUT2D eigenvalue weighted by molar-refractivity contribution is 0.101. The van der Waals surface area contributed by atoms with Crippen molar-refractivity contribution in [1.29, 1.82) is 0 Å². The van der Waals surface area contributed by atoms with Gasteiger partial charge in [0.15, 0.2) is 0 Å². The van der Waals surface area contributed by atoms with Gasteiger partial charge in [-0.15, -0.1) is 0 Å². The molecule has 0 aromatic carbocycles. The molecule has 0 spiro atoms. The lowest BCUT2D eigenvalue weighted by Gasteiger charge is -2.11. The fourth-order valence-electron chi connectivity index (χ4n) is 1.47. The van der Waals surface area contributed by atoms with Gasteiger partial charge >= 0.3 is 0 Å². The van der Waals surface area contributed by atoms with Crippen LogP contribution in [0.4, 0.5) is 5.95 Å². The minimum Gasteiger partial charge on any atom is -0.341 e. The molecule has 2 aromatic heterocycles. The maximum absolute atomic E-state index is 11.9. The molecular formula is C10H13N5O. The van der Waals surface area contributed by atoms with Crippen LogP contribution in [0.3, 0.4) is 0 Å². The van der Waals surface area contributed by atoms with Gasteiger partial charge in [0, 0.05) is 12.2 Å². The molecule has 2 rings (SSSR count). The van der Waals surface area contributed by atoms with Crippen LogP contribution in [0.1, 0.15) is 30.4 Å². The fourth-order valence-corrected chi connectivity index (χ4v) is 1.47. The molecular weight excluding hydrogens is 206 g/mol. The predicted octanol–water partition coefficient (Wildman–Crippen LogP) is 1.44. The predicted molar refractivity (Wildman–Crippen MR) is 59.2 cm³/mol. The van der Waals surface area contributed by atoms with Gasteiger partial charge in [0.05, 0.1) is 0 Å². The summed E-state index contributed by atoms with van der Waals surface area (Å²) in [5, 5.41) is 8.86. The van der Waals surface area contributed by atoms with Gasteiger partial charge in [-0.2, -0.15) is 10.1 Å². The van der Waals surface area contributed by atoms with Crippen molar-refractivity contribution in [3.05, 3.63) is 30.4 Å². The van der Waals surface area contributed by atoms with E-state index in [2.05, 4.69) is 20.5 Å². The SMILES string of the molecule is CC(C)n1cccc1C(=O)Nc1ncn[nH]1. The summed E-state index contributed by atoms with van der Waals surface area (Å²) < 4.78 is 1.89. The molecule has 0 aliphatic carbocycles. The third kappa shape index (κ3) is 1.95. The van der Waals surface area contributed by atoms with Crippen LogP contribution in [-0.2, 0) is 0 Å². The van der Waals surface area contributed by atoms with E-state index in [-0.39, 0.29) is 11.9 Å². The van der Waals surface area contributed by atoms with Crippen LogP contribution in [0.25, 0.3) is 0 Å². The lowest BCUT2D eigenvalue weighted by Crippen LogP contribution is -2.18. The monoisotopic (exact) mass is 219 g/mol. The van der Waals surface area contributed by atoms with Crippen molar-refractivity contribution in [1.82, 2.24) is 19.7 Å². The van der Waals surface area contributed by atoms with E-state index < -0.39 is 0 Å². The van der Waals surface area contributed by atoms with Gasteiger partial charge in [0.2, 0.25) is 5.95 Å². The van der Waals surface area contributed by atoms with E-state index in [0.717, 1.165) is 0 Å². The summed E-state index contributed by atoms with van der Waals surface area (Å²) in [5.41, 5.74) is 0.603. The Bertz CT molecular complexity index is 471. The van der Waals surface area contributed by atoms with Crippen molar-refractivity contribution in [3.8, 4) is 0 Å². The van der Waals surface area contributed by atoms with Crippen LogP contribution in [0.2, 0.25) is 0 Å². The molecule has 0 radical (unpaired) electrons. The van der Waals surface area contributed by atoms with Crippen LogP contribution >= 0.6 is 0 Å². The first-order chi connectivity index (χ1) is 7.68. The zero-order chi connectivity index (χ0) is 11.5. The molecule has 0 fully saturated rings. The number of nitrogens with zero attached hydrogens (tertiary/aromatic N) is 3. The summed E-state index contributed by atoms with van der Waals surface area (Å²) in [6, 6.07) is 3.85. The highest BCUT2D eigenvalue weighted by Gasteiger charge is 2.13. The van der Waals surface area contributed by atoms with Crippen LogP contribution in [0, 0.1) is 0 Å². The quantitative estimate of drug-likeness (QED) is 0.820. The van der Waals surface area contributed by atoms with E-state index in [1.165, 1.54) is 6.33 Å². The average Bonchev–Trinajstić information content (AvgIpc) is 2.86. The molecule has 6 heteroatoms. The van der Waals surface area contributed by atoms with Crippen molar-refractivity contribution >= 4 is 11.9 Å². The standard InChI is InChI=1S/C10H13N5O/c1-7(2)15-5-3-4-8(15)9(16)13-10-11-6-12-14-10/h3-7H,1-2H3,(H2,11,12,13,14,16). The highest BCUT2D eigenvalue weighted by atomic mass is 16.2. The molecule has 6 nitrogen and oxygen atoms in total. The van der Waals surface area contributed by atoms with Crippen LogP contribution in [-0.4, -0.2) is 25.7 Å². The molecule has 2 aromatic rings. The molecule has 2 heterocycles. The topological polar surface area (TPSA) is 75.6 Å². The van der Waals surface area contributed by atoms with E-state index in [4.69, 9.17) is 0 Å². The number of rotatable bonds is 3. The van der Waals surface area contributed by atoms with Crippen molar-refractivity contribution < 1.29 is 4.79 Å². The summed E-state index contributed by atoms with van der Waals surface area (Å²) in [7, 11) is 0. The van der Waals surface area contributed by atoms with Gasteiger partial charge in [0.25, 0.3) is 5.91 Å². The number of anilines is 1. The molecule has 0 saturated heterocycles. The van der Waals surface area contributed by atoms with Gasteiger partial charge < -0.3 is 4.57 Å². The molecule has 2 N–H and O–H groups in total. The lowest BCUT2D eigenvalue weighted by atomic mass is 10.3. The first-order valence-electron chi connectivity index (χ1n) is 5.02. The molecule has 0 atom stereocenters. The van der Waals surface area contributed by atoms with E-state index >= 15 is 0 Å². The summed E-state index contributed by atoms with van der Waals surface area (Å²) in [6.07, 6.45) is 3.22. The van der Waals surface area contributed by atoms with Gasteiger partial charge in [-0.1, -0.05) is 0 Å². The number of hydrogen-bond donors (Lipinski definition) is 2. The smallest absolute Gasteiger partial charge is 0.274 e. The van der Waals surface area contributed by atoms with Gasteiger partial charge in [-0.25, -0.2) is 5.10 Å². The minimum atomic E-state index is -0.199. The number of aromatic nitrogens is 4. The summed E-state index contributed by atoms with van der Waals surface area (Å²) in [5.74, 6) is 0.150. The normalized spacial score (nSPS) is 10.7. The van der Waals surface area contributed by atoms with Crippen molar-refractivity contribution in [2.24, 2.45) is 0 Å². The number of carbonyl (C=O) groups excluding carboxylic acids is 1. The van der Waals surface area contributed by atoms with Crippen molar-refractivity contribution in [2.75, 3.05) is 5.32 Å². The third-order valence-corrected chi connectivity index (χ3v) is 2.21. The maximum Gasteiger partial charge on any atom is 0.274 e. The van der Waals surface area contributed by atoms with E-state index in [1.807, 2.05) is 30.7 Å². The molecule has 0 saturated carbocycles. The number of nitrogens with one attached hydrogen (secondary N) is 2. The number of hydrogen-bond acceptors (Lipinski definition) is 3. The average molecular weight is 219 g/mol. The first kappa shape index (κ1) is 10.4. The zero-order valence-corrected chi connectivity index (χ0v) is 9.14. The number of H-pyrrole nitrogens is 1. The highest BCUT2D eigenvalue weighted by molar-refractivity contribution is 6.02. The summed E-state index contributed by atoms with van der Waals surface area (Å²) >= 11 is 0. The van der Waals surface area contributed by atoms with Crippen LogP contribution < -0.4 is 5.32 Å². The maximum atomic E-state index is 11.9. The molecule has 0 unspecified atom stereocenters.